The standard InChI is InChI=1S/C20H31NO9/c1-10(22)25-9-14-17(26-11(2)23)18(27-12(3)24)15-16-13(29-20(4,5)6)7-8-21(16)30-19(15)28-14/h13-19H,7-9H2,1-6H3/t13-,14+,15+,16-,17-,18+,19+/m0/s1. The van der Waals surface area contributed by atoms with E-state index in [9.17, 15) is 14.4 Å². The van der Waals surface area contributed by atoms with E-state index in [1.165, 1.54) is 20.8 Å². The topological polar surface area (TPSA) is 110 Å². The third-order valence-corrected chi connectivity index (χ3v) is 5.23. The van der Waals surface area contributed by atoms with Gasteiger partial charge in [0.1, 0.15) is 12.7 Å². The zero-order valence-corrected chi connectivity index (χ0v) is 18.3. The Kier molecular flexibility index (Phi) is 6.71. The molecular weight excluding hydrogens is 398 g/mol. The average Bonchev–Trinajstić information content (AvgIpc) is 3.12. The Bertz CT molecular complexity index is 676. The Labute approximate surface area is 176 Å². The first-order valence-corrected chi connectivity index (χ1v) is 10.2. The lowest BCUT2D eigenvalue weighted by atomic mass is 9.83. The summed E-state index contributed by atoms with van der Waals surface area (Å²) in [5.74, 6) is -2.02. The lowest BCUT2D eigenvalue weighted by Gasteiger charge is -2.43. The molecule has 10 heteroatoms. The summed E-state index contributed by atoms with van der Waals surface area (Å²) in [5, 5.41) is 1.79. The van der Waals surface area contributed by atoms with E-state index in [-0.39, 0.29) is 24.4 Å². The fourth-order valence-electron chi connectivity index (χ4n) is 4.42. The van der Waals surface area contributed by atoms with Gasteiger partial charge >= 0.3 is 17.9 Å². The lowest BCUT2D eigenvalue weighted by Crippen LogP contribution is -2.60. The Morgan fingerprint density at radius 2 is 1.63 bits per heavy atom. The molecule has 0 spiro atoms. The molecule has 0 aromatic rings. The van der Waals surface area contributed by atoms with Crippen molar-refractivity contribution in [3.63, 3.8) is 0 Å². The fourth-order valence-corrected chi connectivity index (χ4v) is 4.42. The number of fused-ring (bicyclic) bond motifs is 3. The zero-order chi connectivity index (χ0) is 22.2. The van der Waals surface area contributed by atoms with Crippen molar-refractivity contribution in [3.05, 3.63) is 0 Å². The molecule has 3 fully saturated rings. The summed E-state index contributed by atoms with van der Waals surface area (Å²) in [5.41, 5.74) is -0.377. The highest BCUT2D eigenvalue weighted by Gasteiger charge is 2.62. The van der Waals surface area contributed by atoms with Crippen LogP contribution in [0, 0.1) is 5.92 Å². The SMILES string of the molecule is CC(=O)OC[C@H]1O[C@@H]2ON3CC[C@H](OC(C)(C)C)[C@H]3[C@@H]2[C@@H](OC(C)=O)[C@H]1OC(C)=O. The van der Waals surface area contributed by atoms with Crippen LogP contribution in [0.4, 0.5) is 0 Å². The number of hydroxylamine groups is 2. The third kappa shape index (κ3) is 5.11. The zero-order valence-electron chi connectivity index (χ0n) is 18.3. The van der Waals surface area contributed by atoms with Crippen molar-refractivity contribution in [1.82, 2.24) is 5.06 Å². The van der Waals surface area contributed by atoms with Crippen LogP contribution in [0.2, 0.25) is 0 Å². The van der Waals surface area contributed by atoms with Gasteiger partial charge in [-0.1, -0.05) is 0 Å². The van der Waals surface area contributed by atoms with Crippen LogP contribution < -0.4 is 0 Å². The van der Waals surface area contributed by atoms with Crippen molar-refractivity contribution in [3.8, 4) is 0 Å². The summed E-state index contributed by atoms with van der Waals surface area (Å²) in [6.07, 6.45) is -2.82. The van der Waals surface area contributed by atoms with Crippen LogP contribution in [0.25, 0.3) is 0 Å². The monoisotopic (exact) mass is 429 g/mol. The lowest BCUT2D eigenvalue weighted by molar-refractivity contribution is -0.301. The Balaban J connectivity index is 1.91. The van der Waals surface area contributed by atoms with Gasteiger partial charge in [0.05, 0.1) is 23.7 Å². The summed E-state index contributed by atoms with van der Waals surface area (Å²) in [7, 11) is 0. The highest BCUT2D eigenvalue weighted by atomic mass is 16.8. The first kappa shape index (κ1) is 22.9. The summed E-state index contributed by atoms with van der Waals surface area (Å²) in [6.45, 7) is 10.2. The molecule has 0 saturated carbocycles. The third-order valence-electron chi connectivity index (χ3n) is 5.23. The van der Waals surface area contributed by atoms with E-state index in [1.807, 2.05) is 20.8 Å². The van der Waals surface area contributed by atoms with E-state index < -0.39 is 48.4 Å². The molecule has 3 rings (SSSR count). The second-order valence-corrected chi connectivity index (χ2v) is 8.86. The normalized spacial score (nSPS) is 36.0. The molecule has 3 saturated heterocycles. The number of hydrogen-bond acceptors (Lipinski definition) is 10. The van der Waals surface area contributed by atoms with Gasteiger partial charge in [-0.2, -0.15) is 5.06 Å². The van der Waals surface area contributed by atoms with Crippen LogP contribution in [0.15, 0.2) is 0 Å². The first-order valence-electron chi connectivity index (χ1n) is 10.2. The van der Waals surface area contributed by atoms with Gasteiger partial charge < -0.3 is 23.7 Å². The van der Waals surface area contributed by atoms with Crippen molar-refractivity contribution < 1.29 is 42.9 Å². The van der Waals surface area contributed by atoms with Crippen molar-refractivity contribution in [2.75, 3.05) is 13.2 Å². The molecule has 0 radical (unpaired) electrons. The maximum atomic E-state index is 11.9. The maximum Gasteiger partial charge on any atom is 0.303 e. The Morgan fingerprint density at radius 3 is 2.20 bits per heavy atom. The van der Waals surface area contributed by atoms with Gasteiger partial charge in [0.15, 0.2) is 18.5 Å². The summed E-state index contributed by atoms with van der Waals surface area (Å²) < 4.78 is 28.5. The highest BCUT2D eigenvalue weighted by Crippen LogP contribution is 2.45. The van der Waals surface area contributed by atoms with Crippen molar-refractivity contribution in [2.24, 2.45) is 5.92 Å². The van der Waals surface area contributed by atoms with E-state index in [1.54, 1.807) is 5.06 Å². The molecule has 0 aromatic carbocycles. The van der Waals surface area contributed by atoms with E-state index in [2.05, 4.69) is 0 Å². The molecular formula is C20H31NO9. The average molecular weight is 429 g/mol. The van der Waals surface area contributed by atoms with E-state index >= 15 is 0 Å². The summed E-state index contributed by atoms with van der Waals surface area (Å²) >= 11 is 0. The van der Waals surface area contributed by atoms with Crippen LogP contribution >= 0.6 is 0 Å². The molecule has 0 aliphatic carbocycles. The molecule has 7 atom stereocenters. The van der Waals surface area contributed by atoms with Gasteiger partial charge in [-0.3, -0.25) is 19.2 Å². The number of esters is 3. The maximum absolute atomic E-state index is 11.9. The van der Waals surface area contributed by atoms with Crippen LogP contribution in [0.5, 0.6) is 0 Å². The quantitative estimate of drug-likeness (QED) is 0.463. The fraction of sp³-hybridized carbons (Fsp3) is 0.850. The van der Waals surface area contributed by atoms with E-state index in [0.29, 0.717) is 6.54 Å². The minimum atomic E-state index is -0.952. The van der Waals surface area contributed by atoms with Gasteiger partial charge in [-0.15, -0.1) is 0 Å². The van der Waals surface area contributed by atoms with Crippen LogP contribution in [-0.4, -0.2) is 78.5 Å². The molecule has 3 aliphatic heterocycles. The predicted molar refractivity (Wildman–Crippen MR) is 101 cm³/mol. The second kappa shape index (κ2) is 8.78. The molecule has 0 N–H and O–H groups in total. The molecule has 0 unspecified atom stereocenters. The molecule has 30 heavy (non-hydrogen) atoms. The predicted octanol–water partition coefficient (Wildman–Crippen LogP) is 0.957. The minimum Gasteiger partial charge on any atom is -0.463 e. The minimum absolute atomic E-state index is 0.162. The molecule has 0 amide bonds. The number of nitrogens with zero attached hydrogens (tertiary/aromatic N) is 1. The van der Waals surface area contributed by atoms with E-state index in [0.717, 1.165) is 6.42 Å². The number of rotatable bonds is 5. The Hall–Kier alpha value is -1.75. The smallest absolute Gasteiger partial charge is 0.303 e. The summed E-state index contributed by atoms with van der Waals surface area (Å²) in [6, 6.07) is -0.244. The molecule has 170 valence electrons. The number of hydrogen-bond donors (Lipinski definition) is 0. The van der Waals surface area contributed by atoms with Crippen molar-refractivity contribution in [2.45, 2.75) is 90.3 Å². The van der Waals surface area contributed by atoms with Gasteiger partial charge in [0, 0.05) is 27.3 Å². The van der Waals surface area contributed by atoms with Gasteiger partial charge in [-0.05, 0) is 27.2 Å². The molecule has 3 heterocycles. The van der Waals surface area contributed by atoms with Gasteiger partial charge in [0.25, 0.3) is 0 Å². The largest absolute Gasteiger partial charge is 0.463 e. The molecule has 3 aliphatic rings. The first-order chi connectivity index (χ1) is 14.0. The molecule has 10 nitrogen and oxygen atoms in total. The van der Waals surface area contributed by atoms with Crippen LogP contribution in [-0.2, 0) is 42.9 Å². The van der Waals surface area contributed by atoms with Crippen molar-refractivity contribution in [1.29, 1.82) is 0 Å². The second-order valence-electron chi connectivity index (χ2n) is 8.86. The number of ether oxygens (including phenoxy) is 5. The Morgan fingerprint density at radius 1 is 1.00 bits per heavy atom. The number of carbonyl (C=O) groups is 3. The molecule has 0 bridgehead atoms. The highest BCUT2D eigenvalue weighted by molar-refractivity contribution is 5.67. The van der Waals surface area contributed by atoms with E-state index in [4.69, 9.17) is 28.5 Å². The summed E-state index contributed by atoms with van der Waals surface area (Å²) in [4.78, 5) is 41.0. The van der Waals surface area contributed by atoms with Crippen LogP contribution in [0.1, 0.15) is 48.0 Å². The van der Waals surface area contributed by atoms with Gasteiger partial charge in [0.2, 0.25) is 0 Å². The van der Waals surface area contributed by atoms with Gasteiger partial charge in [-0.25, -0.2) is 0 Å². The molecule has 0 aromatic heterocycles. The number of carbonyl (C=O) groups excluding carboxylic acids is 3. The van der Waals surface area contributed by atoms with Crippen LogP contribution in [0.3, 0.4) is 0 Å². The van der Waals surface area contributed by atoms with Crippen molar-refractivity contribution >= 4 is 17.9 Å².